The Balaban J connectivity index is 2.78. The third-order valence-corrected chi connectivity index (χ3v) is 6.57. The van der Waals surface area contributed by atoms with Crippen molar-refractivity contribution in [3.05, 3.63) is 35.9 Å². The number of carbonyl (C=O) groups excluding carboxylic acids is 3. The lowest BCUT2D eigenvalue weighted by Crippen LogP contribution is -2.46. The van der Waals surface area contributed by atoms with Crippen LogP contribution < -0.4 is 16.0 Å². The van der Waals surface area contributed by atoms with Crippen LogP contribution in [0.3, 0.4) is 0 Å². The fraction of sp³-hybridized carbons (Fsp3) is 0.710. The number of hydrogen-bond donors (Lipinski definition) is 3. The van der Waals surface area contributed by atoms with E-state index in [1.165, 1.54) is 38.5 Å². The Labute approximate surface area is 236 Å². The van der Waals surface area contributed by atoms with E-state index >= 15 is 0 Å². The van der Waals surface area contributed by atoms with Gasteiger partial charge >= 0.3 is 12.2 Å². The van der Waals surface area contributed by atoms with Crippen molar-refractivity contribution in [3.8, 4) is 0 Å². The summed E-state index contributed by atoms with van der Waals surface area (Å²) in [5, 5.41) is 8.48. The van der Waals surface area contributed by atoms with E-state index in [1.807, 2.05) is 44.2 Å². The van der Waals surface area contributed by atoms with Crippen molar-refractivity contribution in [3.63, 3.8) is 0 Å². The zero-order valence-corrected chi connectivity index (χ0v) is 24.6. The Morgan fingerprint density at radius 3 is 1.82 bits per heavy atom. The predicted octanol–water partition coefficient (Wildman–Crippen LogP) is 7.19. The normalized spacial score (nSPS) is 12.3. The average Bonchev–Trinajstić information content (AvgIpc) is 2.94. The molecule has 1 aromatic carbocycles. The van der Waals surface area contributed by atoms with Crippen molar-refractivity contribution in [1.82, 2.24) is 16.0 Å². The van der Waals surface area contributed by atoms with Gasteiger partial charge in [-0.1, -0.05) is 115 Å². The molecular weight excluding hydrogens is 494 g/mol. The molecule has 1 aromatic rings. The minimum Gasteiger partial charge on any atom is -0.447 e. The smallest absolute Gasteiger partial charge is 0.407 e. The summed E-state index contributed by atoms with van der Waals surface area (Å²) in [5.41, 5.74) is 0.714. The number of hydrogen-bond acceptors (Lipinski definition) is 5. The zero-order valence-electron chi connectivity index (χ0n) is 24.6. The standard InChI is InChI=1S/C31H53N3O5/c1-4-7-10-11-12-13-14-15-19-22-28(35)34-27(25-38-30(36)32-23-8-5-2)29(26-20-17-16-18-21-26)39-31(37)33-24-9-6-3/h16-18,20-21,27,29H,4-15,19,22-25H2,1-3H3,(H,32,36)(H,33,37)(H,34,35)/t27-,29-/m0/s1. The number of rotatable bonds is 22. The molecular formula is C31H53N3O5. The van der Waals surface area contributed by atoms with Crippen molar-refractivity contribution in [2.45, 2.75) is 123 Å². The van der Waals surface area contributed by atoms with Crippen LogP contribution in [0, 0.1) is 0 Å². The maximum Gasteiger partial charge on any atom is 0.407 e. The quantitative estimate of drug-likeness (QED) is 0.133. The number of benzene rings is 1. The van der Waals surface area contributed by atoms with E-state index in [2.05, 4.69) is 22.9 Å². The molecule has 0 unspecified atom stereocenters. The molecule has 0 bridgehead atoms. The highest BCUT2D eigenvalue weighted by molar-refractivity contribution is 5.76. The first-order valence-electron chi connectivity index (χ1n) is 15.2. The van der Waals surface area contributed by atoms with E-state index in [0.29, 0.717) is 25.1 Å². The molecule has 2 atom stereocenters. The average molecular weight is 548 g/mol. The summed E-state index contributed by atoms with van der Waals surface area (Å²) in [4.78, 5) is 37.8. The summed E-state index contributed by atoms with van der Waals surface area (Å²) in [7, 11) is 0. The first-order valence-corrected chi connectivity index (χ1v) is 15.2. The Morgan fingerprint density at radius 2 is 1.23 bits per heavy atom. The van der Waals surface area contributed by atoms with Gasteiger partial charge in [0, 0.05) is 19.5 Å². The molecule has 8 heteroatoms. The maximum atomic E-state index is 12.9. The third-order valence-electron chi connectivity index (χ3n) is 6.57. The van der Waals surface area contributed by atoms with E-state index < -0.39 is 24.3 Å². The molecule has 0 spiro atoms. The molecule has 0 heterocycles. The molecule has 0 saturated heterocycles. The van der Waals surface area contributed by atoms with E-state index in [-0.39, 0.29) is 12.5 Å². The number of alkyl carbamates (subject to hydrolysis) is 2. The van der Waals surface area contributed by atoms with Crippen LogP contribution >= 0.6 is 0 Å². The SMILES string of the molecule is CCCCCCCCCCCC(=O)N[C@@H](COC(=O)NCCCC)[C@@H](OC(=O)NCCCC)c1ccccc1. The van der Waals surface area contributed by atoms with Crippen molar-refractivity contribution in [1.29, 1.82) is 0 Å². The lowest BCUT2D eigenvalue weighted by Gasteiger charge is -2.28. The Hall–Kier alpha value is -2.77. The number of amides is 3. The molecule has 1 rings (SSSR count). The number of ether oxygens (including phenoxy) is 2. The molecule has 0 fully saturated rings. The highest BCUT2D eigenvalue weighted by Gasteiger charge is 2.30. The maximum absolute atomic E-state index is 12.9. The molecule has 39 heavy (non-hydrogen) atoms. The van der Waals surface area contributed by atoms with Gasteiger partial charge in [0.05, 0.1) is 0 Å². The third kappa shape index (κ3) is 17.4. The van der Waals surface area contributed by atoms with Crippen molar-refractivity contribution >= 4 is 18.1 Å². The van der Waals surface area contributed by atoms with Crippen LogP contribution in [0.5, 0.6) is 0 Å². The highest BCUT2D eigenvalue weighted by Crippen LogP contribution is 2.23. The zero-order chi connectivity index (χ0) is 28.6. The summed E-state index contributed by atoms with van der Waals surface area (Å²) >= 11 is 0. The Kier molecular flexibility index (Phi) is 20.3. The summed E-state index contributed by atoms with van der Waals surface area (Å²) in [6.07, 6.45) is 12.5. The molecule has 0 aliphatic heterocycles. The van der Waals surface area contributed by atoms with Gasteiger partial charge < -0.3 is 25.4 Å². The largest absolute Gasteiger partial charge is 0.447 e. The van der Waals surface area contributed by atoms with Crippen LogP contribution in [0.25, 0.3) is 0 Å². The summed E-state index contributed by atoms with van der Waals surface area (Å²) < 4.78 is 11.3. The first kappa shape index (κ1) is 34.3. The van der Waals surface area contributed by atoms with Gasteiger partial charge in [0.2, 0.25) is 5.91 Å². The second-order valence-corrected chi connectivity index (χ2v) is 10.1. The molecule has 3 N–H and O–H groups in total. The lowest BCUT2D eigenvalue weighted by molar-refractivity contribution is -0.123. The Bertz CT molecular complexity index is 775. The molecule has 0 aromatic heterocycles. The van der Waals surface area contributed by atoms with Crippen LogP contribution in [0.2, 0.25) is 0 Å². The lowest BCUT2D eigenvalue weighted by atomic mass is 10.0. The Morgan fingerprint density at radius 1 is 0.692 bits per heavy atom. The first-order chi connectivity index (χ1) is 19.0. The van der Waals surface area contributed by atoms with Crippen molar-refractivity contribution in [2.75, 3.05) is 19.7 Å². The van der Waals surface area contributed by atoms with E-state index in [0.717, 1.165) is 44.9 Å². The van der Waals surface area contributed by atoms with Crippen molar-refractivity contribution in [2.24, 2.45) is 0 Å². The monoisotopic (exact) mass is 547 g/mol. The van der Waals surface area contributed by atoms with Gasteiger partial charge in [0.15, 0.2) is 6.10 Å². The summed E-state index contributed by atoms with van der Waals surface area (Å²) in [5.74, 6) is -0.145. The van der Waals surface area contributed by atoms with Gasteiger partial charge in [-0.2, -0.15) is 0 Å². The minimum atomic E-state index is -0.816. The van der Waals surface area contributed by atoms with Gasteiger partial charge in [0.25, 0.3) is 0 Å². The second-order valence-electron chi connectivity index (χ2n) is 10.1. The topological polar surface area (TPSA) is 106 Å². The number of carbonyl (C=O) groups is 3. The summed E-state index contributed by atoms with van der Waals surface area (Å²) in [6, 6.07) is 8.51. The van der Waals surface area contributed by atoms with Crippen LogP contribution in [0.15, 0.2) is 30.3 Å². The minimum absolute atomic E-state index is 0.122. The predicted molar refractivity (Wildman–Crippen MR) is 157 cm³/mol. The van der Waals surface area contributed by atoms with E-state index in [1.54, 1.807) is 0 Å². The van der Waals surface area contributed by atoms with Gasteiger partial charge in [-0.15, -0.1) is 0 Å². The molecule has 3 amide bonds. The van der Waals surface area contributed by atoms with Crippen LogP contribution in [0.4, 0.5) is 9.59 Å². The van der Waals surface area contributed by atoms with Gasteiger partial charge in [-0.3, -0.25) is 4.79 Å². The van der Waals surface area contributed by atoms with Crippen LogP contribution in [-0.2, 0) is 14.3 Å². The van der Waals surface area contributed by atoms with Crippen LogP contribution in [-0.4, -0.2) is 43.8 Å². The van der Waals surface area contributed by atoms with Gasteiger partial charge in [-0.05, 0) is 24.8 Å². The number of nitrogens with one attached hydrogen (secondary N) is 3. The van der Waals surface area contributed by atoms with Gasteiger partial charge in [0.1, 0.15) is 12.6 Å². The molecule has 0 aliphatic carbocycles. The second kappa shape index (κ2) is 23.1. The molecule has 0 aliphatic rings. The fourth-order valence-corrected chi connectivity index (χ4v) is 4.21. The summed E-state index contributed by atoms with van der Waals surface area (Å²) in [6.45, 7) is 7.21. The van der Waals surface area contributed by atoms with E-state index in [4.69, 9.17) is 9.47 Å². The number of unbranched alkanes of at least 4 members (excludes halogenated alkanes) is 10. The molecule has 0 radical (unpaired) electrons. The van der Waals surface area contributed by atoms with E-state index in [9.17, 15) is 14.4 Å². The highest BCUT2D eigenvalue weighted by atomic mass is 16.6. The fourth-order valence-electron chi connectivity index (χ4n) is 4.21. The molecule has 0 saturated carbocycles. The van der Waals surface area contributed by atoms with Crippen molar-refractivity contribution < 1.29 is 23.9 Å². The van der Waals surface area contributed by atoms with Gasteiger partial charge in [-0.25, -0.2) is 9.59 Å². The van der Waals surface area contributed by atoms with Crippen LogP contribution in [0.1, 0.15) is 122 Å². The molecule has 8 nitrogen and oxygen atoms in total. The molecule has 222 valence electrons.